The number of hydrogen-bond acceptors (Lipinski definition) is 2. The molecule has 3 aliphatic heterocycles. The van der Waals surface area contributed by atoms with Gasteiger partial charge < -0.3 is 4.90 Å². The predicted molar refractivity (Wildman–Crippen MR) is 94.8 cm³/mol. The number of hydrogen-bond donors (Lipinski definition) is 0. The molecule has 0 radical (unpaired) electrons. The lowest BCUT2D eigenvalue weighted by Gasteiger charge is -2.48. The molecule has 3 saturated heterocycles. The Hall–Kier alpha value is -0.0800. The van der Waals surface area contributed by atoms with Crippen molar-refractivity contribution in [3.63, 3.8) is 0 Å². The van der Waals surface area contributed by atoms with E-state index in [0.29, 0.717) is 5.54 Å². The van der Waals surface area contributed by atoms with Gasteiger partial charge in [0.2, 0.25) is 0 Å². The van der Waals surface area contributed by atoms with Crippen molar-refractivity contribution >= 4 is 0 Å². The van der Waals surface area contributed by atoms with Crippen LogP contribution in [0.4, 0.5) is 0 Å². The fourth-order valence-electron chi connectivity index (χ4n) is 4.08. The van der Waals surface area contributed by atoms with E-state index in [1.54, 1.807) is 0 Å². The number of rotatable bonds is 2. The van der Waals surface area contributed by atoms with E-state index in [2.05, 4.69) is 44.4 Å². The van der Waals surface area contributed by atoms with Gasteiger partial charge in [0.1, 0.15) is 0 Å². The van der Waals surface area contributed by atoms with E-state index in [1.165, 1.54) is 51.9 Å². The number of likely N-dealkylation sites (tertiary alicyclic amines) is 1. The van der Waals surface area contributed by atoms with Crippen molar-refractivity contribution in [2.45, 2.75) is 85.7 Å². The second kappa shape index (κ2) is 8.53. The predicted octanol–water partition coefficient (Wildman–Crippen LogP) is 4.64. The van der Waals surface area contributed by atoms with Crippen molar-refractivity contribution in [1.82, 2.24) is 9.80 Å². The second-order valence-electron chi connectivity index (χ2n) is 7.75. The lowest BCUT2D eigenvalue weighted by atomic mass is 9.71. The van der Waals surface area contributed by atoms with Crippen LogP contribution in [0.1, 0.15) is 74.1 Å². The molecule has 0 unspecified atom stereocenters. The average molecular weight is 297 g/mol. The lowest BCUT2D eigenvalue weighted by molar-refractivity contribution is 0.00980. The Bertz CT molecular complexity index is 269. The minimum atomic E-state index is 0.495. The Morgan fingerprint density at radius 3 is 1.81 bits per heavy atom. The summed E-state index contributed by atoms with van der Waals surface area (Å²) >= 11 is 0. The standard InChI is InChI=1S/C9H17N.C8H17N.C2H6/c1-7(2)10-5-8-3-9(4-8)6-10;1-4-9-7-5-6-8(9,2)3;1-2/h7-9H,3-6H2,1-2H3;4-7H2,1-3H3;1-2H3. The second-order valence-corrected chi connectivity index (χ2v) is 7.75. The summed E-state index contributed by atoms with van der Waals surface area (Å²) in [5.41, 5.74) is 0.495. The molecule has 2 nitrogen and oxygen atoms in total. The topological polar surface area (TPSA) is 6.48 Å². The molecule has 4 fully saturated rings. The molecule has 0 amide bonds. The Morgan fingerprint density at radius 2 is 1.57 bits per heavy atom. The highest BCUT2D eigenvalue weighted by Crippen LogP contribution is 2.39. The van der Waals surface area contributed by atoms with Crippen LogP contribution >= 0.6 is 0 Å². The highest BCUT2D eigenvalue weighted by molar-refractivity contribution is 4.90. The smallest absolute Gasteiger partial charge is 0.0153 e. The third-order valence-electron chi connectivity index (χ3n) is 5.50. The first-order chi connectivity index (χ1) is 9.92. The zero-order valence-corrected chi connectivity index (χ0v) is 15.8. The van der Waals surface area contributed by atoms with Gasteiger partial charge in [-0.2, -0.15) is 0 Å². The van der Waals surface area contributed by atoms with Gasteiger partial charge in [-0.15, -0.1) is 0 Å². The molecule has 0 aromatic carbocycles. The molecule has 3 heterocycles. The third-order valence-corrected chi connectivity index (χ3v) is 5.50. The monoisotopic (exact) mass is 296 g/mol. The number of nitrogens with zero attached hydrogens (tertiary/aromatic N) is 2. The van der Waals surface area contributed by atoms with Gasteiger partial charge in [-0.25, -0.2) is 0 Å². The Labute approximate surface area is 134 Å². The van der Waals surface area contributed by atoms with Gasteiger partial charge in [0.15, 0.2) is 0 Å². The Kier molecular flexibility index (Phi) is 7.70. The van der Waals surface area contributed by atoms with E-state index in [-0.39, 0.29) is 0 Å². The van der Waals surface area contributed by atoms with E-state index >= 15 is 0 Å². The molecular formula is C19H40N2. The molecule has 0 aromatic rings. The highest BCUT2D eigenvalue weighted by Gasteiger charge is 2.37. The first kappa shape index (κ1) is 19.0. The van der Waals surface area contributed by atoms with Crippen LogP contribution in [-0.2, 0) is 0 Å². The first-order valence-electron chi connectivity index (χ1n) is 9.41. The van der Waals surface area contributed by atoms with E-state index in [1.807, 2.05) is 13.8 Å². The zero-order valence-electron chi connectivity index (χ0n) is 15.8. The first-order valence-corrected chi connectivity index (χ1v) is 9.41. The summed E-state index contributed by atoms with van der Waals surface area (Å²) in [6.07, 6.45) is 5.83. The molecule has 2 heteroatoms. The van der Waals surface area contributed by atoms with Gasteiger partial charge >= 0.3 is 0 Å². The van der Waals surface area contributed by atoms with Crippen molar-refractivity contribution < 1.29 is 0 Å². The van der Waals surface area contributed by atoms with Crippen LogP contribution < -0.4 is 0 Å². The molecule has 0 spiro atoms. The zero-order chi connectivity index (χ0) is 16.0. The van der Waals surface area contributed by atoms with Crippen LogP contribution in [0.5, 0.6) is 0 Å². The maximum Gasteiger partial charge on any atom is 0.0153 e. The summed E-state index contributed by atoms with van der Waals surface area (Å²) in [5, 5.41) is 0. The normalized spacial score (nSPS) is 30.9. The Morgan fingerprint density at radius 1 is 1.05 bits per heavy atom. The summed E-state index contributed by atoms with van der Waals surface area (Å²) in [5.74, 6) is 2.14. The fraction of sp³-hybridized carbons (Fsp3) is 1.00. The maximum atomic E-state index is 2.63. The van der Waals surface area contributed by atoms with Crippen LogP contribution in [0, 0.1) is 11.8 Å². The summed E-state index contributed by atoms with van der Waals surface area (Å²) in [4.78, 5) is 5.18. The van der Waals surface area contributed by atoms with Gasteiger partial charge in [0.25, 0.3) is 0 Å². The van der Waals surface area contributed by atoms with Gasteiger partial charge in [0.05, 0.1) is 0 Å². The SMILES string of the molecule is CC.CC(C)N1CC2CC(C2)C1.CCN1CCCC1(C)C. The van der Waals surface area contributed by atoms with Crippen molar-refractivity contribution in [3.05, 3.63) is 0 Å². The molecule has 0 aromatic heterocycles. The van der Waals surface area contributed by atoms with Crippen LogP contribution in [0.15, 0.2) is 0 Å². The minimum Gasteiger partial charge on any atom is -0.300 e. The fourth-order valence-corrected chi connectivity index (χ4v) is 4.08. The molecule has 21 heavy (non-hydrogen) atoms. The summed E-state index contributed by atoms with van der Waals surface area (Å²) in [6, 6.07) is 0.783. The van der Waals surface area contributed by atoms with E-state index < -0.39 is 0 Å². The van der Waals surface area contributed by atoms with E-state index in [0.717, 1.165) is 17.9 Å². The van der Waals surface area contributed by atoms with Gasteiger partial charge in [0, 0.05) is 24.7 Å². The Balaban J connectivity index is 0.000000189. The summed E-state index contributed by atoms with van der Waals surface area (Å²) < 4.78 is 0. The molecule has 4 rings (SSSR count). The molecule has 0 N–H and O–H groups in total. The maximum absolute atomic E-state index is 2.63. The van der Waals surface area contributed by atoms with Crippen molar-refractivity contribution in [3.8, 4) is 0 Å². The number of fused-ring (bicyclic) bond motifs is 2. The molecule has 1 saturated carbocycles. The van der Waals surface area contributed by atoms with Crippen LogP contribution in [-0.4, -0.2) is 47.6 Å². The highest BCUT2D eigenvalue weighted by atomic mass is 15.2. The van der Waals surface area contributed by atoms with Crippen LogP contribution in [0.3, 0.4) is 0 Å². The molecular weight excluding hydrogens is 256 g/mol. The summed E-state index contributed by atoms with van der Waals surface area (Å²) in [6.45, 7) is 20.8. The van der Waals surface area contributed by atoms with Crippen LogP contribution in [0.25, 0.3) is 0 Å². The molecule has 1 aliphatic carbocycles. The molecule has 4 aliphatic rings. The molecule has 126 valence electrons. The van der Waals surface area contributed by atoms with E-state index in [9.17, 15) is 0 Å². The third kappa shape index (κ3) is 5.25. The lowest BCUT2D eigenvalue weighted by Crippen LogP contribution is -2.50. The molecule has 0 atom stereocenters. The van der Waals surface area contributed by atoms with Gasteiger partial charge in [-0.3, -0.25) is 4.90 Å². The van der Waals surface area contributed by atoms with Gasteiger partial charge in [-0.1, -0.05) is 20.8 Å². The van der Waals surface area contributed by atoms with Crippen molar-refractivity contribution in [2.75, 3.05) is 26.2 Å². The number of piperidine rings is 2. The average Bonchev–Trinajstić information content (AvgIpc) is 2.80. The largest absolute Gasteiger partial charge is 0.300 e. The van der Waals surface area contributed by atoms with Crippen LogP contribution in [0.2, 0.25) is 0 Å². The van der Waals surface area contributed by atoms with E-state index in [4.69, 9.17) is 0 Å². The summed E-state index contributed by atoms with van der Waals surface area (Å²) in [7, 11) is 0. The van der Waals surface area contributed by atoms with Crippen molar-refractivity contribution in [1.29, 1.82) is 0 Å². The molecule has 2 bridgehead atoms. The minimum absolute atomic E-state index is 0.495. The van der Waals surface area contributed by atoms with Gasteiger partial charge in [-0.05, 0) is 78.3 Å². The quantitative estimate of drug-likeness (QED) is 0.732. The van der Waals surface area contributed by atoms with Crippen molar-refractivity contribution in [2.24, 2.45) is 11.8 Å².